The minimum Gasteiger partial charge on any atom is -0.469 e. The minimum atomic E-state index is -0.0244. The first-order chi connectivity index (χ1) is 28.4. The highest BCUT2D eigenvalue weighted by Gasteiger charge is 2.37. The maximum absolute atomic E-state index is 7.04. The first-order valence-corrected chi connectivity index (χ1v) is 21.6. The molecular formula is C53H43BN2O2S. The van der Waals surface area contributed by atoms with E-state index in [-0.39, 0.29) is 17.5 Å². The van der Waals surface area contributed by atoms with Crippen LogP contribution in [0, 0.1) is 0 Å². The van der Waals surface area contributed by atoms with E-state index in [0.717, 1.165) is 61.1 Å². The van der Waals surface area contributed by atoms with E-state index in [1.165, 1.54) is 64.2 Å². The van der Waals surface area contributed by atoms with Gasteiger partial charge in [-0.15, -0.1) is 11.3 Å². The van der Waals surface area contributed by atoms with E-state index < -0.39 is 0 Å². The van der Waals surface area contributed by atoms with Gasteiger partial charge in [0, 0.05) is 69.6 Å². The van der Waals surface area contributed by atoms with E-state index in [0.29, 0.717) is 0 Å². The summed E-state index contributed by atoms with van der Waals surface area (Å²) in [7, 11) is 0. The molecule has 7 aromatic carbocycles. The van der Waals surface area contributed by atoms with Gasteiger partial charge in [-0.25, -0.2) is 0 Å². The number of benzene rings is 7. The van der Waals surface area contributed by atoms with Crippen molar-refractivity contribution < 1.29 is 8.83 Å². The van der Waals surface area contributed by atoms with Crippen molar-refractivity contribution in [3.8, 4) is 16.8 Å². The molecule has 59 heavy (non-hydrogen) atoms. The molecular weight excluding hydrogens is 739 g/mol. The maximum Gasteiger partial charge on any atom is 0.258 e. The summed E-state index contributed by atoms with van der Waals surface area (Å²) in [4.78, 5) is 0. The van der Waals surface area contributed by atoms with Crippen LogP contribution in [-0.2, 0) is 10.8 Å². The molecule has 0 radical (unpaired) electrons. The molecule has 0 atom stereocenters. The van der Waals surface area contributed by atoms with Gasteiger partial charge in [0.2, 0.25) is 0 Å². The van der Waals surface area contributed by atoms with Gasteiger partial charge in [0.15, 0.2) is 0 Å². The number of furan rings is 2. The predicted octanol–water partition coefficient (Wildman–Crippen LogP) is 14.4. The lowest BCUT2D eigenvalue weighted by Gasteiger charge is -2.25. The summed E-state index contributed by atoms with van der Waals surface area (Å²) in [6.45, 7) is 16.0. The predicted molar refractivity (Wildman–Crippen MR) is 254 cm³/mol. The van der Waals surface area contributed by atoms with Crippen molar-refractivity contribution in [3.63, 3.8) is 0 Å². The fourth-order valence-electron chi connectivity index (χ4n) is 9.78. The van der Waals surface area contributed by atoms with Gasteiger partial charge in [0.25, 0.3) is 6.71 Å². The lowest BCUT2D eigenvalue weighted by atomic mass is 9.42. The molecule has 0 spiro atoms. The van der Waals surface area contributed by atoms with Crippen LogP contribution in [0.15, 0.2) is 136 Å². The SMILES string of the molecule is CB1c2oc3ccc(C(C)(C)C)cc3c2-n2c3cc4c(cc3c3ccc(-c5cc6c(cc5Nc5ccc(C(C)(C)C)cc5)sc5ccccc56)c1c32)oc1ccccc14. The molecule has 4 aromatic heterocycles. The normalized spacial score (nSPS) is 13.3. The Balaban J connectivity index is 1.18. The third-order valence-electron chi connectivity index (χ3n) is 12.9. The van der Waals surface area contributed by atoms with Gasteiger partial charge in [-0.3, -0.25) is 0 Å². The zero-order valence-electron chi connectivity index (χ0n) is 34.4. The van der Waals surface area contributed by atoms with Gasteiger partial charge in [-0.1, -0.05) is 115 Å². The number of hydrogen-bond donors (Lipinski definition) is 1. The summed E-state index contributed by atoms with van der Waals surface area (Å²) >= 11 is 1.86. The van der Waals surface area contributed by atoms with E-state index in [9.17, 15) is 0 Å². The molecule has 0 amide bonds. The van der Waals surface area contributed by atoms with Crippen molar-refractivity contribution in [2.45, 2.75) is 59.2 Å². The second kappa shape index (κ2) is 11.9. The third kappa shape index (κ3) is 5.02. The quantitative estimate of drug-likeness (QED) is 0.182. The molecule has 286 valence electrons. The molecule has 5 heterocycles. The lowest BCUT2D eigenvalue weighted by molar-refractivity contribution is 0.590. The van der Waals surface area contributed by atoms with Crippen molar-refractivity contribution in [1.82, 2.24) is 4.57 Å². The van der Waals surface area contributed by atoms with E-state index in [4.69, 9.17) is 8.83 Å². The first-order valence-electron chi connectivity index (χ1n) is 20.7. The second-order valence-corrected chi connectivity index (χ2v) is 19.7. The molecule has 0 fully saturated rings. The Hall–Kier alpha value is -6.24. The number of fused-ring (bicyclic) bond motifs is 13. The number of para-hydroxylation sites is 1. The highest BCUT2D eigenvalue weighted by Crippen LogP contribution is 2.46. The molecule has 0 bridgehead atoms. The summed E-state index contributed by atoms with van der Waals surface area (Å²) in [5.41, 5.74) is 15.7. The van der Waals surface area contributed by atoms with E-state index in [1.807, 2.05) is 17.4 Å². The molecule has 1 aliphatic heterocycles. The average molecular weight is 783 g/mol. The van der Waals surface area contributed by atoms with Crippen LogP contribution in [0.25, 0.3) is 91.7 Å². The molecule has 1 aliphatic rings. The number of nitrogens with zero attached hydrogens (tertiary/aromatic N) is 1. The highest BCUT2D eigenvalue weighted by atomic mass is 32.1. The summed E-state index contributed by atoms with van der Waals surface area (Å²) in [6.07, 6.45) is 0. The fraction of sp³-hybridized carbons (Fsp3) is 0.170. The number of thiophene rings is 1. The molecule has 12 rings (SSSR count). The average Bonchev–Trinajstić information content (AvgIpc) is 3.97. The van der Waals surface area contributed by atoms with Crippen molar-refractivity contribution >= 4 is 115 Å². The van der Waals surface area contributed by atoms with Crippen LogP contribution in [0.4, 0.5) is 11.4 Å². The Morgan fingerprint density at radius 3 is 2.07 bits per heavy atom. The van der Waals surface area contributed by atoms with Gasteiger partial charge >= 0.3 is 0 Å². The standard InChI is InChI=1S/C53H43BN2O2S/c1-52(2,3)29-16-19-31(20-17-29)55-41-28-47-39(33-13-9-11-15-46(33)59-47)25-36(41)34-21-22-35-37-27-45-38(32-12-8-10-14-43(32)57-45)26-42(37)56-49(35)48(34)54(7)51-50(56)40-24-30(53(4,5)6)18-23-44(40)58-51/h8-28,55H,1-7H3. The van der Waals surface area contributed by atoms with Crippen LogP contribution in [0.2, 0.25) is 6.82 Å². The van der Waals surface area contributed by atoms with Gasteiger partial charge in [-0.2, -0.15) is 0 Å². The van der Waals surface area contributed by atoms with Crippen LogP contribution >= 0.6 is 11.3 Å². The van der Waals surface area contributed by atoms with E-state index in [2.05, 4.69) is 180 Å². The van der Waals surface area contributed by atoms with Crippen LogP contribution in [-0.4, -0.2) is 11.3 Å². The van der Waals surface area contributed by atoms with Gasteiger partial charge in [0.1, 0.15) is 16.7 Å². The molecule has 0 aliphatic carbocycles. The molecule has 0 saturated carbocycles. The summed E-state index contributed by atoms with van der Waals surface area (Å²) in [6, 6.07) is 47.0. The van der Waals surface area contributed by atoms with E-state index in [1.54, 1.807) is 0 Å². The Morgan fingerprint density at radius 1 is 0.542 bits per heavy atom. The first kappa shape index (κ1) is 34.8. The van der Waals surface area contributed by atoms with Crippen LogP contribution < -0.4 is 16.4 Å². The Morgan fingerprint density at radius 2 is 1.27 bits per heavy atom. The Labute approximate surface area is 347 Å². The Bertz CT molecular complexity index is 3570. The van der Waals surface area contributed by atoms with Gasteiger partial charge in [0.05, 0.1) is 16.9 Å². The molecule has 0 unspecified atom stereocenters. The molecule has 11 aromatic rings. The third-order valence-corrected chi connectivity index (χ3v) is 14.0. The zero-order chi connectivity index (χ0) is 40.1. The van der Waals surface area contributed by atoms with Crippen LogP contribution in [0.1, 0.15) is 52.7 Å². The molecule has 4 nitrogen and oxygen atoms in total. The zero-order valence-corrected chi connectivity index (χ0v) is 35.2. The largest absolute Gasteiger partial charge is 0.469 e. The molecule has 0 saturated heterocycles. The smallest absolute Gasteiger partial charge is 0.258 e. The van der Waals surface area contributed by atoms with Crippen molar-refractivity contribution in [3.05, 3.63) is 139 Å². The summed E-state index contributed by atoms with van der Waals surface area (Å²) < 4.78 is 18.6. The van der Waals surface area contributed by atoms with Gasteiger partial charge in [-0.05, 0) is 93.6 Å². The summed E-state index contributed by atoms with van der Waals surface area (Å²) in [5.74, 6) is 0. The van der Waals surface area contributed by atoms with Crippen molar-refractivity contribution in [2.75, 3.05) is 5.32 Å². The Kier molecular flexibility index (Phi) is 7.03. The van der Waals surface area contributed by atoms with Gasteiger partial charge < -0.3 is 18.7 Å². The van der Waals surface area contributed by atoms with Crippen molar-refractivity contribution in [2.24, 2.45) is 0 Å². The number of aromatic nitrogens is 1. The van der Waals surface area contributed by atoms with Crippen molar-refractivity contribution in [1.29, 1.82) is 0 Å². The summed E-state index contributed by atoms with van der Waals surface area (Å²) in [5, 5.41) is 12.3. The number of nitrogens with one attached hydrogen (secondary N) is 1. The van der Waals surface area contributed by atoms with E-state index >= 15 is 0 Å². The number of anilines is 2. The monoisotopic (exact) mass is 782 g/mol. The topological polar surface area (TPSA) is 43.2 Å². The minimum absolute atomic E-state index is 0.0133. The molecule has 1 N–H and O–H groups in total. The lowest BCUT2D eigenvalue weighted by Crippen LogP contribution is -2.45. The fourth-order valence-corrected chi connectivity index (χ4v) is 10.9. The number of rotatable bonds is 3. The second-order valence-electron chi connectivity index (χ2n) is 18.7. The van der Waals surface area contributed by atoms with Crippen LogP contribution in [0.5, 0.6) is 0 Å². The number of hydrogen-bond acceptors (Lipinski definition) is 4. The van der Waals surface area contributed by atoms with Crippen LogP contribution in [0.3, 0.4) is 0 Å². The maximum atomic E-state index is 7.04. The highest BCUT2D eigenvalue weighted by molar-refractivity contribution is 7.25. The molecule has 6 heteroatoms.